The maximum Gasteiger partial charge on any atom is 0.0493 e. The number of halogens is 1. The highest BCUT2D eigenvalue weighted by Gasteiger charge is 2.44. The van der Waals surface area contributed by atoms with Crippen molar-refractivity contribution >= 4 is 11.6 Å². The Kier molecular flexibility index (Phi) is 3.53. The molecule has 0 spiro atoms. The van der Waals surface area contributed by atoms with Crippen molar-refractivity contribution in [2.45, 2.75) is 25.2 Å². The summed E-state index contributed by atoms with van der Waals surface area (Å²) in [6.07, 6.45) is 3.29. The monoisotopic (exact) mass is 239 g/mol. The molecule has 1 aliphatic carbocycles. The molecule has 0 heterocycles. The molecule has 1 aromatic carbocycles. The van der Waals surface area contributed by atoms with E-state index >= 15 is 0 Å². The SMILES string of the molecule is NCC(c1ccccc1Cl)C1(CO)CCC1. The van der Waals surface area contributed by atoms with Crippen molar-refractivity contribution in [3.63, 3.8) is 0 Å². The van der Waals surface area contributed by atoms with Gasteiger partial charge in [-0.15, -0.1) is 0 Å². The fourth-order valence-electron chi connectivity index (χ4n) is 2.71. The second-order valence-corrected chi connectivity index (χ2v) is 5.09. The van der Waals surface area contributed by atoms with Crippen LogP contribution >= 0.6 is 11.6 Å². The molecule has 0 saturated heterocycles. The molecule has 0 amide bonds. The number of benzene rings is 1. The third-order valence-corrected chi connectivity index (χ3v) is 4.26. The smallest absolute Gasteiger partial charge is 0.0493 e. The van der Waals surface area contributed by atoms with E-state index < -0.39 is 0 Å². The van der Waals surface area contributed by atoms with Gasteiger partial charge in [-0.2, -0.15) is 0 Å². The second-order valence-electron chi connectivity index (χ2n) is 4.68. The second kappa shape index (κ2) is 4.74. The Labute approximate surface area is 101 Å². The summed E-state index contributed by atoms with van der Waals surface area (Å²) in [6, 6.07) is 7.82. The van der Waals surface area contributed by atoms with Crippen molar-refractivity contribution < 1.29 is 5.11 Å². The number of aliphatic hydroxyl groups is 1. The highest BCUT2D eigenvalue weighted by molar-refractivity contribution is 6.31. The standard InChI is InChI=1S/C13H18ClNO/c14-12-5-2-1-4-10(12)11(8-15)13(9-16)6-3-7-13/h1-2,4-5,11,16H,3,6-9,15H2. The molecule has 2 rings (SSSR count). The van der Waals surface area contributed by atoms with Crippen molar-refractivity contribution in [1.29, 1.82) is 0 Å². The molecular formula is C13H18ClNO. The Morgan fingerprint density at radius 2 is 2.06 bits per heavy atom. The van der Waals surface area contributed by atoms with Crippen molar-refractivity contribution in [2.75, 3.05) is 13.2 Å². The maximum atomic E-state index is 9.59. The Morgan fingerprint density at radius 3 is 2.50 bits per heavy atom. The molecule has 1 aliphatic rings. The van der Waals surface area contributed by atoms with Crippen LogP contribution in [0.2, 0.25) is 5.02 Å². The lowest BCUT2D eigenvalue weighted by atomic mass is 9.60. The summed E-state index contributed by atoms with van der Waals surface area (Å²) in [4.78, 5) is 0. The minimum absolute atomic E-state index is 0.0280. The van der Waals surface area contributed by atoms with Gasteiger partial charge < -0.3 is 10.8 Å². The Balaban J connectivity index is 2.32. The summed E-state index contributed by atoms with van der Waals surface area (Å²) in [5, 5.41) is 10.4. The van der Waals surface area contributed by atoms with Gasteiger partial charge in [0.25, 0.3) is 0 Å². The first kappa shape index (κ1) is 11.9. The average Bonchev–Trinajstić information content (AvgIpc) is 2.25. The molecule has 2 nitrogen and oxygen atoms in total. The maximum absolute atomic E-state index is 9.59. The van der Waals surface area contributed by atoms with Gasteiger partial charge in [-0.25, -0.2) is 0 Å². The van der Waals surface area contributed by atoms with Crippen LogP contribution in [0.15, 0.2) is 24.3 Å². The number of aliphatic hydroxyl groups excluding tert-OH is 1. The molecule has 0 aromatic heterocycles. The van der Waals surface area contributed by atoms with Crippen LogP contribution in [0.4, 0.5) is 0 Å². The van der Waals surface area contributed by atoms with E-state index in [4.69, 9.17) is 17.3 Å². The molecule has 0 bridgehead atoms. The third kappa shape index (κ3) is 1.86. The first-order chi connectivity index (χ1) is 7.73. The van der Waals surface area contributed by atoms with E-state index in [1.54, 1.807) is 0 Å². The quantitative estimate of drug-likeness (QED) is 0.848. The minimum atomic E-state index is -0.0280. The van der Waals surface area contributed by atoms with Gasteiger partial charge in [0.1, 0.15) is 0 Å². The summed E-state index contributed by atoms with van der Waals surface area (Å²) >= 11 is 6.20. The zero-order chi connectivity index (χ0) is 11.6. The summed E-state index contributed by atoms with van der Waals surface area (Å²) in [6.45, 7) is 0.754. The lowest BCUT2D eigenvalue weighted by Crippen LogP contribution is -2.42. The van der Waals surface area contributed by atoms with Gasteiger partial charge in [-0.05, 0) is 31.0 Å². The summed E-state index contributed by atoms with van der Waals surface area (Å²) < 4.78 is 0. The average molecular weight is 240 g/mol. The van der Waals surface area contributed by atoms with Crippen LogP contribution in [-0.4, -0.2) is 18.3 Å². The van der Waals surface area contributed by atoms with E-state index in [9.17, 15) is 5.11 Å². The largest absolute Gasteiger partial charge is 0.396 e. The van der Waals surface area contributed by atoms with Crippen molar-refractivity contribution in [3.05, 3.63) is 34.9 Å². The van der Waals surface area contributed by atoms with Crippen LogP contribution in [0.3, 0.4) is 0 Å². The highest BCUT2D eigenvalue weighted by atomic mass is 35.5. The van der Waals surface area contributed by atoms with Gasteiger partial charge in [0, 0.05) is 23.0 Å². The van der Waals surface area contributed by atoms with Gasteiger partial charge in [0.15, 0.2) is 0 Å². The van der Waals surface area contributed by atoms with Gasteiger partial charge in [-0.1, -0.05) is 36.2 Å². The fraction of sp³-hybridized carbons (Fsp3) is 0.538. The number of nitrogens with two attached hydrogens (primary N) is 1. The first-order valence-electron chi connectivity index (χ1n) is 5.79. The minimum Gasteiger partial charge on any atom is -0.396 e. The van der Waals surface area contributed by atoms with Crippen LogP contribution in [0.1, 0.15) is 30.7 Å². The number of rotatable bonds is 4. The van der Waals surface area contributed by atoms with Crippen molar-refractivity contribution in [1.82, 2.24) is 0 Å². The molecule has 3 heteroatoms. The van der Waals surface area contributed by atoms with E-state index in [0.29, 0.717) is 6.54 Å². The van der Waals surface area contributed by atoms with E-state index in [-0.39, 0.29) is 17.9 Å². The normalized spacial score (nSPS) is 20.2. The van der Waals surface area contributed by atoms with Gasteiger partial charge in [-0.3, -0.25) is 0 Å². The molecular weight excluding hydrogens is 222 g/mol. The van der Waals surface area contributed by atoms with E-state index in [1.807, 2.05) is 24.3 Å². The Bertz CT molecular complexity index is 357. The van der Waals surface area contributed by atoms with Crippen molar-refractivity contribution in [3.8, 4) is 0 Å². The summed E-state index contributed by atoms with van der Waals surface area (Å²) in [5.41, 5.74) is 6.93. The molecule has 1 unspecified atom stereocenters. The molecule has 1 saturated carbocycles. The highest BCUT2D eigenvalue weighted by Crippen LogP contribution is 2.51. The van der Waals surface area contributed by atoms with Crippen LogP contribution in [0, 0.1) is 5.41 Å². The van der Waals surface area contributed by atoms with E-state index in [2.05, 4.69) is 0 Å². The zero-order valence-electron chi connectivity index (χ0n) is 9.32. The van der Waals surface area contributed by atoms with Gasteiger partial charge in [0.2, 0.25) is 0 Å². The predicted octanol–water partition coefficient (Wildman–Crippen LogP) is 2.54. The lowest BCUT2D eigenvalue weighted by Gasteiger charge is -2.46. The van der Waals surface area contributed by atoms with Crippen LogP contribution in [0.5, 0.6) is 0 Å². The van der Waals surface area contributed by atoms with E-state index in [1.165, 1.54) is 6.42 Å². The zero-order valence-corrected chi connectivity index (χ0v) is 10.1. The Hall–Kier alpha value is -0.570. The molecule has 0 aliphatic heterocycles. The van der Waals surface area contributed by atoms with Crippen LogP contribution < -0.4 is 5.73 Å². The Morgan fingerprint density at radius 1 is 1.38 bits per heavy atom. The topological polar surface area (TPSA) is 46.2 Å². The molecule has 3 N–H and O–H groups in total. The molecule has 88 valence electrons. The summed E-state index contributed by atoms with van der Waals surface area (Å²) in [5.74, 6) is 0.181. The molecule has 1 fully saturated rings. The number of hydrogen-bond donors (Lipinski definition) is 2. The fourth-order valence-corrected chi connectivity index (χ4v) is 2.98. The van der Waals surface area contributed by atoms with Gasteiger partial charge in [0.05, 0.1) is 0 Å². The molecule has 1 aromatic rings. The molecule has 16 heavy (non-hydrogen) atoms. The molecule has 1 atom stereocenters. The number of hydrogen-bond acceptors (Lipinski definition) is 2. The predicted molar refractivity (Wildman–Crippen MR) is 66.6 cm³/mol. The van der Waals surface area contributed by atoms with Crippen molar-refractivity contribution in [2.24, 2.45) is 11.1 Å². The third-order valence-electron chi connectivity index (χ3n) is 3.92. The lowest BCUT2D eigenvalue weighted by molar-refractivity contribution is 0.0192. The van der Waals surface area contributed by atoms with Crippen LogP contribution in [-0.2, 0) is 0 Å². The summed E-state index contributed by atoms with van der Waals surface area (Å²) in [7, 11) is 0. The van der Waals surface area contributed by atoms with Gasteiger partial charge >= 0.3 is 0 Å². The molecule has 0 radical (unpaired) electrons. The van der Waals surface area contributed by atoms with E-state index in [0.717, 1.165) is 23.4 Å². The first-order valence-corrected chi connectivity index (χ1v) is 6.17. The van der Waals surface area contributed by atoms with Crippen LogP contribution in [0.25, 0.3) is 0 Å².